The Morgan fingerprint density at radius 1 is 1.58 bits per heavy atom. The fraction of sp³-hybridized carbons (Fsp3) is 0.600. The van der Waals surface area contributed by atoms with Crippen LogP contribution in [0.25, 0.3) is 0 Å². The van der Waals surface area contributed by atoms with Gasteiger partial charge in [-0.1, -0.05) is 26.5 Å². The zero-order valence-corrected chi connectivity index (χ0v) is 8.10. The van der Waals surface area contributed by atoms with Gasteiger partial charge in [-0.25, -0.2) is 4.39 Å². The van der Waals surface area contributed by atoms with Gasteiger partial charge in [-0.3, -0.25) is 0 Å². The van der Waals surface area contributed by atoms with Crippen molar-refractivity contribution in [2.24, 2.45) is 5.92 Å². The van der Waals surface area contributed by atoms with E-state index >= 15 is 0 Å². The van der Waals surface area contributed by atoms with Gasteiger partial charge < -0.3 is 5.32 Å². The molecule has 0 aromatic rings. The van der Waals surface area contributed by atoms with Crippen LogP contribution in [0.2, 0.25) is 0 Å². The molecule has 0 saturated carbocycles. The molecular weight excluding hydrogens is 153 g/mol. The van der Waals surface area contributed by atoms with Gasteiger partial charge in [0.25, 0.3) is 0 Å². The standard InChI is InChI=1S/C10H18FN/c1-5-10(11)12-9(4)7-6-8(2)3/h5,7-8,10,12H,1,6H2,2-4H3/b9-7-. The Labute approximate surface area is 74.4 Å². The summed E-state index contributed by atoms with van der Waals surface area (Å²) < 4.78 is 12.6. The van der Waals surface area contributed by atoms with Crippen molar-refractivity contribution in [2.75, 3.05) is 0 Å². The van der Waals surface area contributed by atoms with Crippen LogP contribution in [-0.2, 0) is 0 Å². The molecule has 0 saturated heterocycles. The molecule has 0 aliphatic heterocycles. The molecule has 0 aromatic heterocycles. The smallest absolute Gasteiger partial charge is 0.188 e. The van der Waals surface area contributed by atoms with Crippen molar-refractivity contribution in [3.63, 3.8) is 0 Å². The molecule has 1 N–H and O–H groups in total. The first-order valence-electron chi connectivity index (χ1n) is 4.26. The lowest BCUT2D eigenvalue weighted by Gasteiger charge is -2.08. The second-order valence-corrected chi connectivity index (χ2v) is 3.30. The van der Waals surface area contributed by atoms with E-state index < -0.39 is 6.30 Å². The van der Waals surface area contributed by atoms with Crippen molar-refractivity contribution >= 4 is 0 Å². The molecule has 0 spiro atoms. The number of alkyl halides is 1. The minimum absolute atomic E-state index is 0.614. The summed E-state index contributed by atoms with van der Waals surface area (Å²) in [7, 11) is 0. The lowest BCUT2D eigenvalue weighted by molar-refractivity contribution is 0.358. The summed E-state index contributed by atoms with van der Waals surface area (Å²) in [6, 6.07) is 0. The monoisotopic (exact) mass is 171 g/mol. The van der Waals surface area contributed by atoms with Gasteiger partial charge in [-0.15, -0.1) is 0 Å². The molecule has 2 heteroatoms. The highest BCUT2D eigenvalue weighted by molar-refractivity contribution is 4.98. The predicted octanol–water partition coefficient (Wildman–Crippen LogP) is 3.01. The first-order valence-corrected chi connectivity index (χ1v) is 4.26. The summed E-state index contributed by atoms with van der Waals surface area (Å²) in [6.07, 6.45) is 3.09. The van der Waals surface area contributed by atoms with Crippen LogP contribution < -0.4 is 5.32 Å². The largest absolute Gasteiger partial charge is 0.357 e. The Morgan fingerprint density at radius 3 is 2.58 bits per heavy atom. The zero-order chi connectivity index (χ0) is 9.56. The first kappa shape index (κ1) is 11.2. The maximum Gasteiger partial charge on any atom is 0.188 e. The number of nitrogens with one attached hydrogen (secondary N) is 1. The highest BCUT2D eigenvalue weighted by Gasteiger charge is 1.98. The third kappa shape index (κ3) is 5.96. The number of hydrogen-bond acceptors (Lipinski definition) is 1. The molecule has 70 valence electrons. The SMILES string of the molecule is C=CC(F)N/C(C)=C\CC(C)C. The van der Waals surface area contributed by atoms with Crippen molar-refractivity contribution in [3.05, 3.63) is 24.4 Å². The molecule has 0 heterocycles. The van der Waals surface area contributed by atoms with E-state index in [0.29, 0.717) is 5.92 Å². The number of allylic oxidation sites excluding steroid dienone is 2. The van der Waals surface area contributed by atoms with Crippen molar-refractivity contribution < 1.29 is 4.39 Å². The quantitative estimate of drug-likeness (QED) is 0.495. The summed E-state index contributed by atoms with van der Waals surface area (Å²) in [4.78, 5) is 0. The molecule has 0 rings (SSSR count). The Balaban J connectivity index is 3.77. The Hall–Kier alpha value is -0.790. The highest BCUT2D eigenvalue weighted by atomic mass is 19.1. The van der Waals surface area contributed by atoms with Crippen LogP contribution in [0.3, 0.4) is 0 Å². The van der Waals surface area contributed by atoms with Crippen LogP contribution in [-0.4, -0.2) is 6.30 Å². The minimum atomic E-state index is -1.13. The summed E-state index contributed by atoms with van der Waals surface area (Å²) >= 11 is 0. The molecule has 1 unspecified atom stereocenters. The third-order valence-electron chi connectivity index (χ3n) is 1.47. The molecule has 0 amide bonds. The zero-order valence-electron chi connectivity index (χ0n) is 8.10. The molecular formula is C10H18FN. The van der Waals surface area contributed by atoms with Gasteiger partial charge in [0.2, 0.25) is 0 Å². The fourth-order valence-electron chi connectivity index (χ4n) is 0.748. The lowest BCUT2D eigenvalue weighted by Crippen LogP contribution is -2.20. The van der Waals surface area contributed by atoms with Crippen LogP contribution in [0.1, 0.15) is 27.2 Å². The van der Waals surface area contributed by atoms with E-state index in [9.17, 15) is 4.39 Å². The van der Waals surface area contributed by atoms with E-state index in [0.717, 1.165) is 12.1 Å². The van der Waals surface area contributed by atoms with E-state index in [1.807, 2.05) is 13.0 Å². The Bertz CT molecular complexity index is 161. The van der Waals surface area contributed by atoms with Crippen LogP contribution in [0.5, 0.6) is 0 Å². The minimum Gasteiger partial charge on any atom is -0.357 e. The van der Waals surface area contributed by atoms with Crippen LogP contribution >= 0.6 is 0 Å². The van der Waals surface area contributed by atoms with Gasteiger partial charge in [-0.2, -0.15) is 0 Å². The van der Waals surface area contributed by atoms with Gasteiger partial charge in [0, 0.05) is 5.70 Å². The van der Waals surface area contributed by atoms with Gasteiger partial charge in [-0.05, 0) is 25.3 Å². The van der Waals surface area contributed by atoms with Gasteiger partial charge in [0.05, 0.1) is 0 Å². The Morgan fingerprint density at radius 2 is 2.17 bits per heavy atom. The number of rotatable bonds is 5. The average Bonchev–Trinajstić information content (AvgIpc) is 2.00. The van der Waals surface area contributed by atoms with Crippen molar-refractivity contribution in [1.29, 1.82) is 0 Å². The summed E-state index contributed by atoms with van der Waals surface area (Å²) in [5.74, 6) is 0.614. The van der Waals surface area contributed by atoms with E-state index in [4.69, 9.17) is 0 Å². The van der Waals surface area contributed by atoms with Gasteiger partial charge in [0.15, 0.2) is 6.30 Å². The van der Waals surface area contributed by atoms with Gasteiger partial charge in [0.1, 0.15) is 0 Å². The maximum atomic E-state index is 12.6. The average molecular weight is 171 g/mol. The van der Waals surface area contributed by atoms with Crippen molar-refractivity contribution in [1.82, 2.24) is 5.32 Å². The topological polar surface area (TPSA) is 12.0 Å². The number of hydrogen-bond donors (Lipinski definition) is 1. The first-order chi connectivity index (χ1) is 5.56. The van der Waals surface area contributed by atoms with E-state index in [-0.39, 0.29) is 0 Å². The predicted molar refractivity (Wildman–Crippen MR) is 51.4 cm³/mol. The van der Waals surface area contributed by atoms with E-state index in [2.05, 4.69) is 25.7 Å². The van der Waals surface area contributed by atoms with Crippen molar-refractivity contribution in [3.8, 4) is 0 Å². The lowest BCUT2D eigenvalue weighted by atomic mass is 10.1. The molecule has 0 aliphatic carbocycles. The fourth-order valence-corrected chi connectivity index (χ4v) is 0.748. The molecule has 0 radical (unpaired) electrons. The van der Waals surface area contributed by atoms with Gasteiger partial charge >= 0.3 is 0 Å². The third-order valence-corrected chi connectivity index (χ3v) is 1.47. The summed E-state index contributed by atoms with van der Waals surface area (Å²) in [5.41, 5.74) is 0.871. The second kappa shape index (κ2) is 5.81. The number of halogens is 1. The van der Waals surface area contributed by atoms with Crippen molar-refractivity contribution in [2.45, 2.75) is 33.5 Å². The van der Waals surface area contributed by atoms with Crippen LogP contribution in [0, 0.1) is 5.92 Å². The molecule has 1 atom stereocenters. The van der Waals surface area contributed by atoms with Crippen LogP contribution in [0.15, 0.2) is 24.4 Å². The normalized spacial score (nSPS) is 14.6. The molecule has 1 nitrogen and oxygen atoms in total. The molecule has 12 heavy (non-hydrogen) atoms. The summed E-state index contributed by atoms with van der Waals surface area (Å²) in [6.45, 7) is 9.46. The van der Waals surface area contributed by atoms with E-state index in [1.54, 1.807) is 0 Å². The maximum absolute atomic E-state index is 12.6. The molecule has 0 fully saturated rings. The second-order valence-electron chi connectivity index (χ2n) is 3.30. The van der Waals surface area contributed by atoms with Crippen LogP contribution in [0.4, 0.5) is 4.39 Å². The molecule has 0 aromatic carbocycles. The van der Waals surface area contributed by atoms with E-state index in [1.165, 1.54) is 6.08 Å². The highest BCUT2D eigenvalue weighted by Crippen LogP contribution is 2.03. The molecule has 0 bridgehead atoms. The summed E-state index contributed by atoms with van der Waals surface area (Å²) in [5, 5.41) is 2.66. The molecule has 0 aliphatic rings. The Kier molecular flexibility index (Phi) is 5.43.